The number of aliphatic hydroxyl groups excluding tert-OH is 1. The van der Waals surface area contributed by atoms with Gasteiger partial charge in [0.2, 0.25) is 17.7 Å². The number of carboxylic acid groups (broad SMARTS) is 3. The molecule has 14 nitrogen and oxygen atoms in total. The molecule has 3 amide bonds. The van der Waals surface area contributed by atoms with Gasteiger partial charge < -0.3 is 42.1 Å². The number of nitrogens with two attached hydrogens (primary N) is 1. The molecule has 0 aliphatic rings. The number of carbonyl (C=O) groups is 6. The van der Waals surface area contributed by atoms with Crippen molar-refractivity contribution in [2.24, 2.45) is 5.73 Å². The summed E-state index contributed by atoms with van der Waals surface area (Å²) in [5.41, 5.74) is 5.32. The quantitative estimate of drug-likeness (QED) is 0.124. The van der Waals surface area contributed by atoms with Crippen molar-refractivity contribution in [3.05, 3.63) is 0 Å². The molecule has 0 aliphatic carbocycles. The summed E-state index contributed by atoms with van der Waals surface area (Å²) in [6.07, 6.45) is -1.68. The lowest BCUT2D eigenvalue weighted by atomic mass is 10.1. The third-order valence-corrected chi connectivity index (χ3v) is 3.72. The second kappa shape index (κ2) is 12.5. The van der Waals surface area contributed by atoms with E-state index < -0.39 is 79.2 Å². The van der Waals surface area contributed by atoms with Crippen molar-refractivity contribution in [1.29, 1.82) is 0 Å². The van der Waals surface area contributed by atoms with Crippen LogP contribution in [0.1, 0.15) is 12.8 Å². The molecule has 15 heteroatoms. The standard InChI is InChI=1S/C14H22N4O10S/c15-5(1-9(20)21)11(24)17-7(3-19)13(26)16-6(2-10(22)23)12(25)18-8(4-29)14(27)28/h5-8,19,29H,1-4,15H2,(H,16,26)(H,17,24)(H,18,25)(H,20,21)(H,22,23)(H,27,28). The molecule has 29 heavy (non-hydrogen) atoms. The lowest BCUT2D eigenvalue weighted by Crippen LogP contribution is -2.58. The highest BCUT2D eigenvalue weighted by molar-refractivity contribution is 7.80. The number of nitrogens with one attached hydrogen (secondary N) is 3. The van der Waals surface area contributed by atoms with E-state index in [4.69, 9.17) is 21.1 Å². The molecule has 164 valence electrons. The first kappa shape index (κ1) is 26.1. The molecule has 0 aromatic carbocycles. The zero-order valence-corrected chi connectivity index (χ0v) is 15.8. The van der Waals surface area contributed by atoms with Crippen LogP contribution in [-0.4, -0.2) is 92.6 Å². The zero-order valence-electron chi connectivity index (χ0n) is 14.9. The third-order valence-electron chi connectivity index (χ3n) is 3.36. The molecule has 0 aromatic heterocycles. The minimum Gasteiger partial charge on any atom is -0.481 e. The summed E-state index contributed by atoms with van der Waals surface area (Å²) in [7, 11) is 0. The molecular formula is C14H22N4O10S. The first-order valence-corrected chi connectivity index (χ1v) is 8.60. The Morgan fingerprint density at radius 3 is 1.62 bits per heavy atom. The van der Waals surface area contributed by atoms with Gasteiger partial charge in [-0.15, -0.1) is 0 Å². The molecule has 0 radical (unpaired) electrons. The van der Waals surface area contributed by atoms with Gasteiger partial charge in [-0.3, -0.25) is 24.0 Å². The summed E-state index contributed by atoms with van der Waals surface area (Å²) in [5, 5.41) is 41.6. The maximum Gasteiger partial charge on any atom is 0.327 e. The highest BCUT2D eigenvalue weighted by Crippen LogP contribution is 1.99. The van der Waals surface area contributed by atoms with Crippen molar-refractivity contribution >= 4 is 48.3 Å². The van der Waals surface area contributed by atoms with Crippen molar-refractivity contribution in [3.8, 4) is 0 Å². The summed E-state index contributed by atoms with van der Waals surface area (Å²) >= 11 is 3.73. The highest BCUT2D eigenvalue weighted by atomic mass is 32.1. The Morgan fingerprint density at radius 1 is 0.759 bits per heavy atom. The van der Waals surface area contributed by atoms with E-state index in [2.05, 4.69) is 12.6 Å². The average Bonchev–Trinajstić information content (AvgIpc) is 2.61. The van der Waals surface area contributed by atoms with Gasteiger partial charge in [0.05, 0.1) is 25.5 Å². The van der Waals surface area contributed by atoms with Gasteiger partial charge in [0.15, 0.2) is 0 Å². The van der Waals surface area contributed by atoms with Crippen LogP contribution in [0.2, 0.25) is 0 Å². The Labute approximate surface area is 169 Å². The Hall–Kier alpha value is -2.91. The van der Waals surface area contributed by atoms with Crippen LogP contribution >= 0.6 is 12.6 Å². The number of aliphatic hydroxyl groups is 1. The van der Waals surface area contributed by atoms with Crippen molar-refractivity contribution in [3.63, 3.8) is 0 Å². The zero-order chi connectivity index (χ0) is 22.7. The SMILES string of the molecule is NC(CC(=O)O)C(=O)NC(CO)C(=O)NC(CC(=O)O)C(=O)NC(CS)C(=O)O. The third kappa shape index (κ3) is 9.72. The molecule has 4 atom stereocenters. The van der Waals surface area contributed by atoms with Crippen molar-refractivity contribution in [1.82, 2.24) is 16.0 Å². The van der Waals surface area contributed by atoms with Crippen LogP contribution in [0.5, 0.6) is 0 Å². The van der Waals surface area contributed by atoms with Crippen LogP contribution in [0.3, 0.4) is 0 Å². The van der Waals surface area contributed by atoms with Gasteiger partial charge in [0, 0.05) is 5.75 Å². The normalized spacial score (nSPS) is 14.6. The first-order chi connectivity index (χ1) is 13.4. The van der Waals surface area contributed by atoms with E-state index in [9.17, 15) is 33.9 Å². The second-order valence-electron chi connectivity index (χ2n) is 5.69. The van der Waals surface area contributed by atoms with Gasteiger partial charge in [-0.05, 0) is 0 Å². The van der Waals surface area contributed by atoms with Gasteiger partial charge in [0.25, 0.3) is 0 Å². The van der Waals surface area contributed by atoms with E-state index in [0.717, 1.165) is 0 Å². The van der Waals surface area contributed by atoms with Gasteiger partial charge in [-0.1, -0.05) is 0 Å². The molecular weight excluding hydrogens is 416 g/mol. The smallest absolute Gasteiger partial charge is 0.327 e. The Kier molecular flexibility index (Phi) is 11.3. The van der Waals surface area contributed by atoms with E-state index >= 15 is 0 Å². The number of carboxylic acids is 3. The lowest BCUT2D eigenvalue weighted by Gasteiger charge is -2.23. The number of hydrogen-bond acceptors (Lipinski definition) is 9. The second-order valence-corrected chi connectivity index (χ2v) is 6.05. The lowest BCUT2D eigenvalue weighted by molar-refractivity contribution is -0.143. The number of rotatable bonds is 13. The van der Waals surface area contributed by atoms with Gasteiger partial charge in [-0.2, -0.15) is 12.6 Å². The summed E-state index contributed by atoms with van der Waals surface area (Å²) < 4.78 is 0. The van der Waals surface area contributed by atoms with Crippen LogP contribution in [0.4, 0.5) is 0 Å². The molecule has 0 fully saturated rings. The number of thiol groups is 1. The van der Waals surface area contributed by atoms with E-state index in [-0.39, 0.29) is 5.75 Å². The average molecular weight is 438 g/mol. The van der Waals surface area contributed by atoms with Crippen molar-refractivity contribution < 1.29 is 49.2 Å². The maximum absolute atomic E-state index is 12.2. The molecule has 0 bridgehead atoms. The summed E-state index contributed by atoms with van der Waals surface area (Å²) in [4.78, 5) is 68.5. The molecule has 9 N–H and O–H groups in total. The molecule has 0 aromatic rings. The minimum atomic E-state index is -1.74. The van der Waals surface area contributed by atoms with Crippen molar-refractivity contribution in [2.75, 3.05) is 12.4 Å². The first-order valence-electron chi connectivity index (χ1n) is 7.97. The summed E-state index contributed by atoms with van der Waals surface area (Å²) in [6.45, 7) is -0.979. The number of hydrogen-bond donors (Lipinski definition) is 9. The predicted octanol–water partition coefficient (Wildman–Crippen LogP) is -4.28. The highest BCUT2D eigenvalue weighted by Gasteiger charge is 2.31. The molecule has 0 saturated carbocycles. The number of amides is 3. The summed E-state index contributed by atoms with van der Waals surface area (Å²) in [6, 6.07) is -6.40. The fourth-order valence-corrected chi connectivity index (χ4v) is 2.12. The van der Waals surface area contributed by atoms with E-state index in [1.54, 1.807) is 0 Å². The molecule has 0 rings (SSSR count). The van der Waals surface area contributed by atoms with Gasteiger partial charge in [-0.25, -0.2) is 4.79 Å². The largest absolute Gasteiger partial charge is 0.481 e. The number of carbonyl (C=O) groups excluding carboxylic acids is 3. The van der Waals surface area contributed by atoms with Gasteiger partial charge >= 0.3 is 17.9 Å². The molecule has 0 saturated heterocycles. The Morgan fingerprint density at radius 2 is 1.21 bits per heavy atom. The monoisotopic (exact) mass is 438 g/mol. The Bertz CT molecular complexity index is 658. The predicted molar refractivity (Wildman–Crippen MR) is 96.8 cm³/mol. The maximum atomic E-state index is 12.2. The molecule has 0 heterocycles. The van der Waals surface area contributed by atoms with Crippen LogP contribution in [0.25, 0.3) is 0 Å². The molecule has 0 spiro atoms. The van der Waals surface area contributed by atoms with Crippen LogP contribution in [0, 0.1) is 0 Å². The van der Waals surface area contributed by atoms with E-state index in [0.29, 0.717) is 0 Å². The number of aliphatic carboxylic acids is 3. The minimum absolute atomic E-state index is 0.314. The topological polar surface area (TPSA) is 245 Å². The van der Waals surface area contributed by atoms with Crippen LogP contribution in [-0.2, 0) is 28.8 Å². The molecule has 0 aliphatic heterocycles. The van der Waals surface area contributed by atoms with Crippen LogP contribution < -0.4 is 21.7 Å². The Balaban J connectivity index is 5.19. The van der Waals surface area contributed by atoms with E-state index in [1.807, 2.05) is 16.0 Å². The summed E-state index contributed by atoms with van der Waals surface area (Å²) in [5.74, 6) is -8.05. The molecule has 4 unspecified atom stereocenters. The fraction of sp³-hybridized carbons (Fsp3) is 0.571. The van der Waals surface area contributed by atoms with Crippen molar-refractivity contribution in [2.45, 2.75) is 37.0 Å². The van der Waals surface area contributed by atoms with Gasteiger partial charge in [0.1, 0.15) is 18.1 Å². The van der Waals surface area contributed by atoms with Crippen LogP contribution in [0.15, 0.2) is 0 Å². The van der Waals surface area contributed by atoms with E-state index in [1.165, 1.54) is 0 Å². The fourth-order valence-electron chi connectivity index (χ4n) is 1.87.